The van der Waals surface area contributed by atoms with E-state index in [0.717, 1.165) is 107 Å². The van der Waals surface area contributed by atoms with Gasteiger partial charge in [-0.15, -0.1) is 0 Å². The van der Waals surface area contributed by atoms with Crippen LogP contribution in [0.4, 0.5) is 20.3 Å². The third-order valence-electron chi connectivity index (χ3n) is 14.2. The molecule has 4 aliphatic heterocycles. The molecule has 5 aliphatic rings. The molecular weight excluding hydrogens is 815 g/mol. The molecule has 8 heterocycles. The summed E-state index contributed by atoms with van der Waals surface area (Å²) in [5.74, 6) is -0.0742. The number of imidazole rings is 1. The molecule has 3 amide bonds. The smallest absolute Gasteiger partial charge is 0.329 e. The molecular formula is C44H54F2N12O5. The van der Waals surface area contributed by atoms with Crippen LogP contribution in [0.5, 0.6) is 0 Å². The van der Waals surface area contributed by atoms with Gasteiger partial charge in [0, 0.05) is 64.6 Å². The highest BCUT2D eigenvalue weighted by Gasteiger charge is 2.40. The highest BCUT2D eigenvalue weighted by atomic mass is 19.3. The van der Waals surface area contributed by atoms with E-state index in [0.29, 0.717) is 30.6 Å². The molecule has 4 atom stereocenters. The minimum absolute atomic E-state index is 0.000125. The van der Waals surface area contributed by atoms with E-state index >= 15 is 0 Å². The van der Waals surface area contributed by atoms with Crippen LogP contribution in [0.25, 0.3) is 16.7 Å². The van der Waals surface area contributed by atoms with Crippen LogP contribution in [-0.2, 0) is 27.8 Å². The first-order valence-corrected chi connectivity index (χ1v) is 22.4. The topological polar surface area (TPSA) is 169 Å². The summed E-state index contributed by atoms with van der Waals surface area (Å²) in [5, 5.41) is 13.7. The number of benzene rings is 1. The van der Waals surface area contributed by atoms with E-state index in [1.54, 1.807) is 33.3 Å². The Kier molecular flexibility index (Phi) is 11.1. The fourth-order valence-electron chi connectivity index (χ4n) is 10.8. The summed E-state index contributed by atoms with van der Waals surface area (Å²) >= 11 is 0. The summed E-state index contributed by atoms with van der Waals surface area (Å²) in [6, 6.07) is 7.62. The first kappa shape index (κ1) is 41.5. The van der Waals surface area contributed by atoms with Gasteiger partial charge in [0.25, 0.3) is 12.3 Å². The van der Waals surface area contributed by atoms with E-state index in [2.05, 4.69) is 48.5 Å². The number of hydrogen-bond acceptors (Lipinski definition) is 11. The first-order chi connectivity index (χ1) is 30.5. The van der Waals surface area contributed by atoms with Gasteiger partial charge in [-0.05, 0) is 88.4 Å². The Balaban J connectivity index is 0.711. The van der Waals surface area contributed by atoms with Gasteiger partial charge < -0.3 is 19.9 Å². The summed E-state index contributed by atoms with van der Waals surface area (Å²) < 4.78 is 40.7. The standard InChI is InChI=1S/C44H54F2N12O5/c1-26-21-53(15-4-6-28-5-3-7-34-39(28)52(2)44(62)58(34)35-12-13-37(59)50-43(35)61)17-18-54(26)22-27-8-10-29(11-9-27)57-24-33(38(51-57)40(45)46)48-42(60)32-20-47-56-16-14-36(49-41(32)56)55-23-31-19-30(55)25-63-31/h3,5,7,14,16,20,24,26-27,29-31,35,40H,4,6,8-13,15,17-19,21-23,25H2,1-2H3,(H,48,60)(H,50,59,61)/t26-,27-,29-,30+,31+,35?/m0/s1. The molecule has 0 radical (unpaired) electrons. The Morgan fingerprint density at radius 3 is 2.63 bits per heavy atom. The summed E-state index contributed by atoms with van der Waals surface area (Å²) in [7, 11) is 1.74. The molecule has 63 heavy (non-hydrogen) atoms. The number of piperazine rings is 1. The molecule has 1 aliphatic carbocycles. The predicted octanol–water partition coefficient (Wildman–Crippen LogP) is 4.09. The van der Waals surface area contributed by atoms with E-state index in [4.69, 9.17) is 9.72 Å². The third-order valence-corrected chi connectivity index (χ3v) is 14.2. The molecule has 17 nitrogen and oxygen atoms in total. The number of carbonyl (C=O) groups excluding carboxylic acids is 3. The van der Waals surface area contributed by atoms with Gasteiger partial charge >= 0.3 is 5.69 Å². The van der Waals surface area contributed by atoms with Crippen LogP contribution >= 0.6 is 0 Å². The lowest BCUT2D eigenvalue weighted by molar-refractivity contribution is -0.135. The number of alkyl halides is 2. The highest BCUT2D eigenvalue weighted by Crippen LogP contribution is 2.37. The molecule has 10 rings (SSSR count). The molecule has 1 saturated carbocycles. The van der Waals surface area contributed by atoms with Crippen molar-refractivity contribution in [3.8, 4) is 0 Å². The van der Waals surface area contributed by atoms with Gasteiger partial charge in [-0.3, -0.25) is 38.4 Å². The van der Waals surface area contributed by atoms with Gasteiger partial charge in [0.2, 0.25) is 11.8 Å². The van der Waals surface area contributed by atoms with E-state index in [1.807, 2.05) is 18.2 Å². The Labute approximate surface area is 362 Å². The number of imide groups is 1. The minimum atomic E-state index is -2.86. The maximum atomic E-state index is 14.3. The number of amides is 3. The number of aryl methyl sites for hydroxylation is 2. The number of rotatable bonds is 12. The van der Waals surface area contributed by atoms with E-state index in [-0.39, 0.29) is 47.5 Å². The molecule has 1 aromatic carbocycles. The zero-order valence-corrected chi connectivity index (χ0v) is 35.7. The number of nitrogens with one attached hydrogen (secondary N) is 2. The minimum Gasteiger partial charge on any atom is -0.374 e. The summed E-state index contributed by atoms with van der Waals surface area (Å²) in [5.41, 5.74) is 2.48. The number of carbonyl (C=O) groups is 3. The molecule has 334 valence electrons. The van der Waals surface area contributed by atoms with Gasteiger partial charge in [0.15, 0.2) is 11.3 Å². The fourth-order valence-corrected chi connectivity index (χ4v) is 10.8. The predicted molar refractivity (Wildman–Crippen MR) is 229 cm³/mol. The summed E-state index contributed by atoms with van der Waals surface area (Å²) in [4.78, 5) is 63.4. The van der Waals surface area contributed by atoms with E-state index < -0.39 is 30.0 Å². The van der Waals surface area contributed by atoms with Gasteiger partial charge in [-0.2, -0.15) is 10.2 Å². The largest absolute Gasteiger partial charge is 0.374 e. The van der Waals surface area contributed by atoms with Crippen LogP contribution in [0.2, 0.25) is 0 Å². The van der Waals surface area contributed by atoms with Crippen molar-refractivity contribution >= 4 is 45.9 Å². The second-order valence-electron chi connectivity index (χ2n) is 18.2. The first-order valence-electron chi connectivity index (χ1n) is 22.4. The quantitative estimate of drug-likeness (QED) is 0.173. The van der Waals surface area contributed by atoms with Crippen molar-refractivity contribution in [3.05, 3.63) is 70.2 Å². The molecule has 5 aromatic rings. The molecule has 2 N–H and O–H groups in total. The molecule has 5 fully saturated rings. The average molecular weight is 869 g/mol. The van der Waals surface area contributed by atoms with Crippen molar-refractivity contribution in [1.29, 1.82) is 0 Å². The second kappa shape index (κ2) is 16.9. The number of piperidine rings is 1. The van der Waals surface area contributed by atoms with Gasteiger partial charge in [0.05, 0.1) is 47.7 Å². The number of para-hydroxylation sites is 1. The van der Waals surface area contributed by atoms with Crippen LogP contribution in [0, 0.1) is 5.92 Å². The lowest BCUT2D eigenvalue weighted by Crippen LogP contribution is -2.53. The Hall–Kier alpha value is -5.53. The molecule has 4 aromatic heterocycles. The number of aromatic nitrogens is 7. The lowest BCUT2D eigenvalue weighted by atomic mass is 9.85. The van der Waals surface area contributed by atoms with Gasteiger partial charge in [-0.1, -0.05) is 12.1 Å². The van der Waals surface area contributed by atoms with Crippen molar-refractivity contribution in [2.24, 2.45) is 13.0 Å². The van der Waals surface area contributed by atoms with E-state index in [9.17, 15) is 28.0 Å². The van der Waals surface area contributed by atoms with Crippen LogP contribution < -0.4 is 21.2 Å². The Morgan fingerprint density at radius 1 is 1.05 bits per heavy atom. The number of fused-ring (bicyclic) bond motifs is 4. The van der Waals surface area contributed by atoms with E-state index in [1.165, 1.54) is 10.7 Å². The Bertz CT molecular complexity index is 2610. The normalized spacial score (nSPS) is 25.8. The third kappa shape index (κ3) is 7.92. The number of halogens is 2. The van der Waals surface area contributed by atoms with Crippen molar-refractivity contribution in [3.63, 3.8) is 0 Å². The van der Waals surface area contributed by atoms with Crippen LogP contribution in [0.3, 0.4) is 0 Å². The maximum absolute atomic E-state index is 14.3. The van der Waals surface area contributed by atoms with Crippen LogP contribution in [0.1, 0.15) is 98.4 Å². The number of hydrogen-bond donors (Lipinski definition) is 2. The van der Waals surface area contributed by atoms with Crippen molar-refractivity contribution in [2.45, 2.75) is 101 Å². The van der Waals surface area contributed by atoms with Crippen molar-refractivity contribution in [1.82, 2.24) is 48.6 Å². The van der Waals surface area contributed by atoms with Gasteiger partial charge in [0.1, 0.15) is 17.4 Å². The molecule has 0 spiro atoms. The second-order valence-corrected chi connectivity index (χ2v) is 18.2. The molecule has 4 saturated heterocycles. The summed E-state index contributed by atoms with van der Waals surface area (Å²) in [6.07, 6.45) is 8.78. The summed E-state index contributed by atoms with van der Waals surface area (Å²) in [6.45, 7) is 8.49. The zero-order chi connectivity index (χ0) is 43.5. The zero-order valence-electron chi connectivity index (χ0n) is 35.7. The number of nitrogens with zero attached hydrogens (tertiary/aromatic N) is 10. The van der Waals surface area contributed by atoms with Crippen LogP contribution in [-0.4, -0.2) is 125 Å². The monoisotopic (exact) mass is 868 g/mol. The van der Waals surface area contributed by atoms with Gasteiger partial charge in [-0.25, -0.2) is 23.1 Å². The number of anilines is 2. The Morgan fingerprint density at radius 2 is 1.89 bits per heavy atom. The van der Waals surface area contributed by atoms with Crippen molar-refractivity contribution in [2.75, 3.05) is 56.1 Å². The molecule has 2 bridgehead atoms. The molecule has 19 heteroatoms. The van der Waals surface area contributed by atoms with Crippen molar-refractivity contribution < 1.29 is 27.9 Å². The SMILES string of the molecule is C[C@H]1CN(CCCc2cccc3c2n(C)c(=O)n3C2CCC(=O)NC2=O)CCN1C[C@H]1CC[C@H](n2cc(NC(=O)c3cnn4ccc(N5C[C@H]6C[C@@H]5CO6)nc34)c(C(F)F)n2)CC1. The van der Waals surface area contributed by atoms with Crippen LogP contribution in [0.15, 0.2) is 47.7 Å². The number of ether oxygens (including phenoxy) is 1. The molecule has 1 unspecified atom stereocenters. The number of morpholine rings is 1. The average Bonchev–Trinajstić information content (AvgIpc) is 4.12. The fraction of sp³-hybridized carbons (Fsp3) is 0.568. The highest BCUT2D eigenvalue weighted by molar-refractivity contribution is 6.08. The maximum Gasteiger partial charge on any atom is 0.329 e. The lowest BCUT2D eigenvalue weighted by Gasteiger charge is -2.42.